The predicted octanol–water partition coefficient (Wildman–Crippen LogP) is 2.89. The molecule has 0 bridgehead atoms. The van der Waals surface area contributed by atoms with Gasteiger partial charge < -0.3 is 10.2 Å². The van der Waals surface area contributed by atoms with Crippen molar-refractivity contribution in [2.45, 2.75) is 47.1 Å². The van der Waals surface area contributed by atoms with E-state index in [0.717, 1.165) is 24.2 Å². The highest BCUT2D eigenvalue weighted by atomic mass is 16.2. The first-order valence-electron chi connectivity index (χ1n) is 8.08. The summed E-state index contributed by atoms with van der Waals surface area (Å²) in [4.78, 5) is 25.8. The molecule has 0 unspecified atom stereocenters. The zero-order valence-electron chi connectivity index (χ0n) is 14.0. The van der Waals surface area contributed by atoms with Crippen molar-refractivity contribution < 1.29 is 9.59 Å². The molecular formula is C18H26N2O2. The summed E-state index contributed by atoms with van der Waals surface area (Å²) in [6.07, 6.45) is 1.48. The number of amides is 2. The molecule has 2 amide bonds. The lowest BCUT2D eigenvalue weighted by Crippen LogP contribution is -2.29. The summed E-state index contributed by atoms with van der Waals surface area (Å²) in [5.41, 5.74) is 3.32. The summed E-state index contributed by atoms with van der Waals surface area (Å²) in [7, 11) is 0. The van der Waals surface area contributed by atoms with Crippen LogP contribution in [0.2, 0.25) is 0 Å². The third-order valence-electron chi connectivity index (χ3n) is 3.91. The van der Waals surface area contributed by atoms with Gasteiger partial charge in [0.15, 0.2) is 0 Å². The molecule has 0 spiro atoms. The highest BCUT2D eigenvalue weighted by molar-refractivity contribution is 5.95. The monoisotopic (exact) mass is 302 g/mol. The van der Waals surface area contributed by atoms with Crippen molar-refractivity contribution in [2.75, 3.05) is 11.4 Å². The van der Waals surface area contributed by atoms with Crippen molar-refractivity contribution in [3.8, 4) is 0 Å². The Morgan fingerprint density at radius 1 is 1.23 bits per heavy atom. The summed E-state index contributed by atoms with van der Waals surface area (Å²) in [6.45, 7) is 9.21. The van der Waals surface area contributed by atoms with Crippen LogP contribution in [0.4, 0.5) is 5.69 Å². The van der Waals surface area contributed by atoms with Crippen molar-refractivity contribution in [1.82, 2.24) is 5.32 Å². The predicted molar refractivity (Wildman–Crippen MR) is 88.6 cm³/mol. The Kier molecular flexibility index (Phi) is 5.22. The summed E-state index contributed by atoms with van der Waals surface area (Å²) >= 11 is 0. The van der Waals surface area contributed by atoms with Crippen LogP contribution in [0.3, 0.4) is 0 Å². The molecular weight excluding hydrogens is 276 g/mol. The molecule has 1 aliphatic heterocycles. The van der Waals surface area contributed by atoms with E-state index in [2.05, 4.69) is 25.2 Å². The molecule has 0 fully saturated rings. The van der Waals surface area contributed by atoms with Gasteiger partial charge in [0.25, 0.3) is 0 Å². The fourth-order valence-corrected chi connectivity index (χ4v) is 2.68. The smallest absolute Gasteiger partial charge is 0.227 e. The van der Waals surface area contributed by atoms with Gasteiger partial charge in [0.1, 0.15) is 0 Å². The van der Waals surface area contributed by atoms with E-state index in [9.17, 15) is 9.59 Å². The number of nitrogens with zero attached hydrogens (tertiary/aromatic N) is 1. The van der Waals surface area contributed by atoms with E-state index in [-0.39, 0.29) is 17.7 Å². The largest absolute Gasteiger partial charge is 0.352 e. The molecule has 0 saturated heterocycles. The molecule has 0 radical (unpaired) electrons. The van der Waals surface area contributed by atoms with Crippen LogP contribution in [0.25, 0.3) is 0 Å². The maximum absolute atomic E-state index is 12.3. The van der Waals surface area contributed by atoms with Crippen molar-refractivity contribution in [2.24, 2.45) is 11.8 Å². The number of rotatable bonds is 5. The van der Waals surface area contributed by atoms with Crippen LogP contribution in [0.15, 0.2) is 18.2 Å². The van der Waals surface area contributed by atoms with E-state index >= 15 is 0 Å². The van der Waals surface area contributed by atoms with Crippen LogP contribution in [0.5, 0.6) is 0 Å². The van der Waals surface area contributed by atoms with Gasteiger partial charge in [-0.25, -0.2) is 0 Å². The third-order valence-corrected chi connectivity index (χ3v) is 3.91. The highest BCUT2D eigenvalue weighted by Crippen LogP contribution is 2.29. The second-order valence-corrected chi connectivity index (χ2v) is 6.73. The number of fused-ring (bicyclic) bond motifs is 1. The molecule has 120 valence electrons. The molecule has 1 N–H and O–H groups in total. The molecule has 0 saturated carbocycles. The van der Waals surface area contributed by atoms with Gasteiger partial charge in [0.2, 0.25) is 11.8 Å². The van der Waals surface area contributed by atoms with Crippen molar-refractivity contribution in [3.63, 3.8) is 0 Å². The second-order valence-electron chi connectivity index (χ2n) is 6.73. The molecule has 1 aromatic carbocycles. The van der Waals surface area contributed by atoms with E-state index in [1.807, 2.05) is 30.9 Å². The number of anilines is 1. The Balaban J connectivity index is 2.04. The zero-order valence-corrected chi connectivity index (χ0v) is 14.0. The summed E-state index contributed by atoms with van der Waals surface area (Å²) < 4.78 is 0. The molecule has 0 aromatic heterocycles. The molecule has 0 atom stereocenters. The van der Waals surface area contributed by atoms with Gasteiger partial charge in [-0.1, -0.05) is 39.8 Å². The van der Waals surface area contributed by atoms with Gasteiger partial charge in [-0.15, -0.1) is 0 Å². The standard InChI is InChI=1S/C18H26N2O2/c1-12(2)9-17(21)20-8-7-15-10-14(5-6-16(15)20)11-19-18(22)13(3)4/h5-6,10,12-13H,7-9,11H2,1-4H3,(H,19,22). The quantitative estimate of drug-likeness (QED) is 0.909. The third kappa shape index (κ3) is 3.87. The number of hydrogen-bond acceptors (Lipinski definition) is 2. The lowest BCUT2D eigenvalue weighted by Gasteiger charge is -2.19. The molecule has 1 aromatic rings. The van der Waals surface area contributed by atoms with Gasteiger partial charge in [0, 0.05) is 31.1 Å². The molecule has 2 rings (SSSR count). The van der Waals surface area contributed by atoms with Crippen molar-refractivity contribution in [3.05, 3.63) is 29.3 Å². The Bertz CT molecular complexity index is 564. The van der Waals surface area contributed by atoms with E-state index < -0.39 is 0 Å². The topological polar surface area (TPSA) is 49.4 Å². The first-order chi connectivity index (χ1) is 10.4. The van der Waals surface area contributed by atoms with Crippen LogP contribution >= 0.6 is 0 Å². The van der Waals surface area contributed by atoms with Gasteiger partial charge in [-0.3, -0.25) is 9.59 Å². The molecule has 22 heavy (non-hydrogen) atoms. The number of benzene rings is 1. The highest BCUT2D eigenvalue weighted by Gasteiger charge is 2.25. The van der Waals surface area contributed by atoms with E-state index in [1.165, 1.54) is 5.56 Å². The van der Waals surface area contributed by atoms with Gasteiger partial charge >= 0.3 is 0 Å². The average Bonchev–Trinajstić information content (AvgIpc) is 2.86. The van der Waals surface area contributed by atoms with Crippen LogP contribution in [0, 0.1) is 11.8 Å². The molecule has 0 aliphatic carbocycles. The second kappa shape index (κ2) is 6.95. The Hall–Kier alpha value is -1.84. The van der Waals surface area contributed by atoms with E-state index in [1.54, 1.807) is 0 Å². The minimum atomic E-state index is -0.00132. The summed E-state index contributed by atoms with van der Waals surface area (Å²) in [6, 6.07) is 6.12. The number of carbonyl (C=O) groups excluding carboxylic acids is 2. The molecule has 4 nitrogen and oxygen atoms in total. The van der Waals surface area contributed by atoms with Gasteiger partial charge in [0.05, 0.1) is 0 Å². The van der Waals surface area contributed by atoms with E-state index in [0.29, 0.717) is 18.9 Å². The molecule has 1 heterocycles. The summed E-state index contributed by atoms with van der Waals surface area (Å²) in [5, 5.41) is 2.93. The first-order valence-corrected chi connectivity index (χ1v) is 8.08. The maximum Gasteiger partial charge on any atom is 0.227 e. The molecule has 1 aliphatic rings. The normalized spacial score (nSPS) is 13.6. The van der Waals surface area contributed by atoms with E-state index in [4.69, 9.17) is 0 Å². The summed E-state index contributed by atoms with van der Waals surface area (Å²) in [5.74, 6) is 0.643. The van der Waals surface area contributed by atoms with Crippen LogP contribution < -0.4 is 10.2 Å². The first kappa shape index (κ1) is 16.5. The number of hydrogen-bond donors (Lipinski definition) is 1. The van der Waals surface area contributed by atoms with Crippen LogP contribution in [-0.2, 0) is 22.6 Å². The number of nitrogens with one attached hydrogen (secondary N) is 1. The van der Waals surface area contributed by atoms with Crippen LogP contribution in [0.1, 0.15) is 45.2 Å². The Labute approximate surface area is 132 Å². The zero-order chi connectivity index (χ0) is 16.3. The maximum atomic E-state index is 12.3. The Morgan fingerprint density at radius 2 is 1.95 bits per heavy atom. The fourth-order valence-electron chi connectivity index (χ4n) is 2.68. The SMILES string of the molecule is CC(C)CC(=O)N1CCc2cc(CNC(=O)C(C)C)ccc21. The van der Waals surface area contributed by atoms with Gasteiger partial charge in [-0.05, 0) is 29.5 Å². The minimum absolute atomic E-state index is 0.00132. The average molecular weight is 302 g/mol. The number of carbonyl (C=O) groups is 2. The minimum Gasteiger partial charge on any atom is -0.352 e. The lowest BCUT2D eigenvalue weighted by molar-refractivity contribution is -0.124. The van der Waals surface area contributed by atoms with Crippen LogP contribution in [-0.4, -0.2) is 18.4 Å². The Morgan fingerprint density at radius 3 is 2.59 bits per heavy atom. The lowest BCUT2D eigenvalue weighted by atomic mass is 10.1. The molecule has 4 heteroatoms. The van der Waals surface area contributed by atoms with Crippen molar-refractivity contribution in [1.29, 1.82) is 0 Å². The van der Waals surface area contributed by atoms with Gasteiger partial charge in [-0.2, -0.15) is 0 Å². The fraction of sp³-hybridized carbons (Fsp3) is 0.556. The van der Waals surface area contributed by atoms with Crippen molar-refractivity contribution >= 4 is 17.5 Å².